The van der Waals surface area contributed by atoms with Crippen molar-refractivity contribution in [3.63, 3.8) is 0 Å². The molecule has 1 unspecified atom stereocenters. The molecule has 1 atom stereocenters. The normalized spacial score (nSPS) is 19.1. The van der Waals surface area contributed by atoms with E-state index in [2.05, 4.69) is 14.8 Å². The minimum Gasteiger partial charge on any atom is -0.465 e. The van der Waals surface area contributed by atoms with Gasteiger partial charge in [0.05, 0.1) is 7.11 Å². The molecular formula is C12H16N2O5S2. The molecule has 1 aromatic rings. The number of carbonyl (C=O) groups excluding carboxylic acids is 2. The minimum absolute atomic E-state index is 0.0127. The summed E-state index contributed by atoms with van der Waals surface area (Å²) in [5.74, 6) is -1.06. The van der Waals surface area contributed by atoms with E-state index in [1.165, 1.54) is 7.11 Å². The first-order chi connectivity index (χ1) is 9.86. The maximum Gasteiger partial charge on any atom is 0.349 e. The van der Waals surface area contributed by atoms with Gasteiger partial charge in [-0.05, 0) is 30.7 Å². The second kappa shape index (κ2) is 6.12. The molecule has 9 heteroatoms. The van der Waals surface area contributed by atoms with Crippen LogP contribution in [0.2, 0.25) is 0 Å². The Morgan fingerprint density at radius 1 is 1.52 bits per heavy atom. The summed E-state index contributed by atoms with van der Waals surface area (Å²) in [7, 11) is -2.78. The van der Waals surface area contributed by atoms with Crippen molar-refractivity contribution in [3.05, 3.63) is 15.8 Å². The van der Waals surface area contributed by atoms with Gasteiger partial charge in [-0.2, -0.15) is 4.72 Å². The Morgan fingerprint density at radius 2 is 2.24 bits per heavy atom. The third-order valence-corrected chi connectivity index (χ3v) is 6.01. The van der Waals surface area contributed by atoms with Gasteiger partial charge in [-0.1, -0.05) is 0 Å². The topological polar surface area (TPSA) is 102 Å². The van der Waals surface area contributed by atoms with Crippen molar-refractivity contribution in [1.29, 1.82) is 0 Å². The van der Waals surface area contributed by atoms with Crippen molar-refractivity contribution >= 4 is 33.2 Å². The number of hydrogen-bond donors (Lipinski definition) is 2. The Labute approximate surface area is 126 Å². The number of methoxy groups -OCH3 is 1. The van der Waals surface area contributed by atoms with Crippen molar-refractivity contribution in [2.45, 2.75) is 30.7 Å². The van der Waals surface area contributed by atoms with Crippen molar-refractivity contribution < 1.29 is 22.7 Å². The van der Waals surface area contributed by atoms with Gasteiger partial charge in [-0.3, -0.25) is 4.79 Å². The standard InChI is InChI=1S/C12H16N2O5S2/c1-7-6-20-9(12(16)19-2)10(7)21(17,18)14-8-4-3-5-13-11(8)15/h6,8,14H,3-5H2,1-2H3,(H,13,15). The van der Waals surface area contributed by atoms with E-state index in [-0.39, 0.29) is 15.7 Å². The fourth-order valence-corrected chi connectivity index (χ4v) is 5.07. The number of rotatable bonds is 4. The predicted octanol–water partition coefficient (Wildman–Crippen LogP) is 0.400. The molecule has 0 bridgehead atoms. The van der Waals surface area contributed by atoms with E-state index in [1.807, 2.05) is 0 Å². The highest BCUT2D eigenvalue weighted by atomic mass is 32.2. The van der Waals surface area contributed by atoms with Gasteiger partial charge in [0.1, 0.15) is 15.8 Å². The number of ether oxygens (including phenoxy) is 1. The first kappa shape index (κ1) is 15.9. The van der Waals surface area contributed by atoms with Gasteiger partial charge in [0.15, 0.2) is 0 Å². The van der Waals surface area contributed by atoms with Crippen LogP contribution in [0.1, 0.15) is 28.1 Å². The molecule has 21 heavy (non-hydrogen) atoms. The van der Waals surface area contributed by atoms with Gasteiger partial charge >= 0.3 is 5.97 Å². The molecule has 0 radical (unpaired) electrons. The van der Waals surface area contributed by atoms with Crippen molar-refractivity contribution in [3.8, 4) is 0 Å². The van der Waals surface area contributed by atoms with E-state index in [1.54, 1.807) is 12.3 Å². The van der Waals surface area contributed by atoms with E-state index in [4.69, 9.17) is 0 Å². The average molecular weight is 332 g/mol. The highest BCUT2D eigenvalue weighted by molar-refractivity contribution is 7.89. The number of carbonyl (C=O) groups is 2. The number of nitrogens with one attached hydrogen (secondary N) is 2. The molecule has 1 aliphatic rings. The number of amides is 1. The van der Waals surface area contributed by atoms with Gasteiger partial charge in [0, 0.05) is 6.54 Å². The van der Waals surface area contributed by atoms with Crippen LogP contribution in [0.3, 0.4) is 0 Å². The maximum absolute atomic E-state index is 12.5. The van der Waals surface area contributed by atoms with Crippen LogP contribution in [-0.4, -0.2) is 40.0 Å². The van der Waals surface area contributed by atoms with E-state index in [0.29, 0.717) is 24.9 Å². The maximum atomic E-state index is 12.5. The third kappa shape index (κ3) is 3.25. The summed E-state index contributed by atoms with van der Waals surface area (Å²) in [6.45, 7) is 2.14. The van der Waals surface area contributed by atoms with E-state index in [9.17, 15) is 18.0 Å². The minimum atomic E-state index is -3.97. The Morgan fingerprint density at radius 3 is 2.86 bits per heavy atom. The summed E-state index contributed by atoms with van der Waals surface area (Å²) in [5, 5.41) is 4.18. The first-order valence-electron chi connectivity index (χ1n) is 6.33. The number of aryl methyl sites for hydroxylation is 1. The Hall–Kier alpha value is -1.45. The van der Waals surface area contributed by atoms with Crippen LogP contribution in [-0.2, 0) is 19.6 Å². The fourth-order valence-electron chi connectivity index (χ4n) is 2.13. The lowest BCUT2D eigenvalue weighted by Crippen LogP contribution is -2.50. The fraction of sp³-hybridized carbons (Fsp3) is 0.500. The quantitative estimate of drug-likeness (QED) is 0.777. The molecule has 116 valence electrons. The van der Waals surface area contributed by atoms with Crippen LogP contribution in [0, 0.1) is 6.92 Å². The second-order valence-corrected chi connectivity index (χ2v) is 7.21. The highest BCUT2D eigenvalue weighted by Gasteiger charge is 2.32. The lowest BCUT2D eigenvalue weighted by molar-refractivity contribution is -0.124. The summed E-state index contributed by atoms with van der Waals surface area (Å²) in [6.07, 6.45) is 1.13. The zero-order chi connectivity index (χ0) is 15.6. The van der Waals surface area contributed by atoms with Gasteiger partial charge in [-0.25, -0.2) is 13.2 Å². The summed E-state index contributed by atoms with van der Waals surface area (Å²) in [6, 6.07) is -0.812. The van der Waals surface area contributed by atoms with Crippen LogP contribution in [0.5, 0.6) is 0 Å². The lowest BCUT2D eigenvalue weighted by atomic mass is 10.1. The average Bonchev–Trinajstić information content (AvgIpc) is 2.83. The van der Waals surface area contributed by atoms with Gasteiger partial charge in [0.25, 0.3) is 0 Å². The molecule has 2 rings (SSSR count). The van der Waals surface area contributed by atoms with Crippen LogP contribution in [0.15, 0.2) is 10.3 Å². The molecule has 0 saturated carbocycles. The molecule has 1 aromatic heterocycles. The predicted molar refractivity (Wildman–Crippen MR) is 76.7 cm³/mol. The molecule has 1 saturated heterocycles. The van der Waals surface area contributed by atoms with E-state index in [0.717, 1.165) is 11.3 Å². The van der Waals surface area contributed by atoms with E-state index < -0.39 is 22.0 Å². The number of hydrogen-bond acceptors (Lipinski definition) is 6. The van der Waals surface area contributed by atoms with Crippen molar-refractivity contribution in [2.24, 2.45) is 0 Å². The largest absolute Gasteiger partial charge is 0.465 e. The summed E-state index contributed by atoms with van der Waals surface area (Å²) in [5.41, 5.74) is 0.448. The van der Waals surface area contributed by atoms with Gasteiger partial charge < -0.3 is 10.1 Å². The number of piperidine rings is 1. The second-order valence-electron chi connectivity index (χ2n) is 4.68. The van der Waals surface area contributed by atoms with Crippen LogP contribution < -0.4 is 10.0 Å². The van der Waals surface area contributed by atoms with Crippen LogP contribution >= 0.6 is 11.3 Å². The summed E-state index contributed by atoms with van der Waals surface area (Å²) in [4.78, 5) is 23.2. The molecule has 0 aliphatic carbocycles. The zero-order valence-electron chi connectivity index (χ0n) is 11.6. The van der Waals surface area contributed by atoms with Crippen LogP contribution in [0.4, 0.5) is 0 Å². The van der Waals surface area contributed by atoms with Crippen LogP contribution in [0.25, 0.3) is 0 Å². The first-order valence-corrected chi connectivity index (χ1v) is 8.69. The van der Waals surface area contributed by atoms with Gasteiger partial charge in [-0.15, -0.1) is 11.3 Å². The Bertz CT molecular complexity index is 665. The molecule has 0 spiro atoms. The molecule has 1 amide bonds. The molecule has 2 N–H and O–H groups in total. The molecule has 2 heterocycles. The van der Waals surface area contributed by atoms with E-state index >= 15 is 0 Å². The summed E-state index contributed by atoms with van der Waals surface area (Å²) < 4.78 is 31.9. The third-order valence-electron chi connectivity index (χ3n) is 3.14. The Balaban J connectivity index is 2.33. The highest BCUT2D eigenvalue weighted by Crippen LogP contribution is 2.28. The molecular weight excluding hydrogens is 316 g/mol. The van der Waals surface area contributed by atoms with Gasteiger partial charge in [0.2, 0.25) is 15.9 Å². The molecule has 0 aromatic carbocycles. The number of esters is 1. The monoisotopic (exact) mass is 332 g/mol. The lowest BCUT2D eigenvalue weighted by Gasteiger charge is -2.22. The summed E-state index contributed by atoms with van der Waals surface area (Å²) >= 11 is 1.00. The number of sulfonamides is 1. The number of thiophene rings is 1. The smallest absolute Gasteiger partial charge is 0.349 e. The molecule has 1 aliphatic heterocycles. The zero-order valence-corrected chi connectivity index (χ0v) is 13.3. The van der Waals surface area contributed by atoms with Crippen molar-refractivity contribution in [2.75, 3.05) is 13.7 Å². The SMILES string of the molecule is COC(=O)c1scc(C)c1S(=O)(=O)NC1CCCNC1=O. The molecule has 1 fully saturated rings. The molecule has 7 nitrogen and oxygen atoms in total. The van der Waals surface area contributed by atoms with Crippen molar-refractivity contribution in [1.82, 2.24) is 10.0 Å². The Kier molecular flexibility index (Phi) is 4.64.